The molecule has 0 saturated heterocycles. The summed E-state index contributed by atoms with van der Waals surface area (Å²) in [5.74, 6) is 0.349. The zero-order valence-electron chi connectivity index (χ0n) is 12.2. The first kappa shape index (κ1) is 14.5. The van der Waals surface area contributed by atoms with Crippen molar-refractivity contribution in [3.05, 3.63) is 35.4 Å². The summed E-state index contributed by atoms with van der Waals surface area (Å²) in [6.07, 6.45) is 5.62. The molecule has 1 N–H and O–H groups in total. The van der Waals surface area contributed by atoms with E-state index in [9.17, 15) is 13.6 Å². The fraction of sp³-hybridized carbons (Fsp3) is 0.588. The summed E-state index contributed by atoms with van der Waals surface area (Å²) in [7, 11) is 0. The van der Waals surface area contributed by atoms with E-state index in [1.54, 1.807) is 6.92 Å². The molecule has 2 aliphatic carbocycles. The molecule has 0 radical (unpaired) electrons. The lowest BCUT2D eigenvalue weighted by Gasteiger charge is -2.22. The maximum Gasteiger partial charge on any atom is 0.220 e. The van der Waals surface area contributed by atoms with Crippen molar-refractivity contribution in [1.29, 1.82) is 0 Å². The molecule has 2 aliphatic rings. The number of amides is 1. The SMILES string of the molecule is CC(NC(=O)CC1CC2CCC1C2)c1ccc(F)c(F)c1. The molecule has 0 heterocycles. The van der Waals surface area contributed by atoms with Crippen molar-refractivity contribution in [2.45, 2.75) is 45.1 Å². The Morgan fingerprint density at radius 3 is 2.71 bits per heavy atom. The van der Waals surface area contributed by atoms with Gasteiger partial charge in [0.2, 0.25) is 5.91 Å². The topological polar surface area (TPSA) is 29.1 Å². The fourth-order valence-electron chi connectivity index (χ4n) is 4.03. The van der Waals surface area contributed by atoms with Crippen molar-refractivity contribution in [1.82, 2.24) is 5.32 Å². The van der Waals surface area contributed by atoms with E-state index < -0.39 is 11.6 Å². The summed E-state index contributed by atoms with van der Waals surface area (Å²) in [4.78, 5) is 12.1. The van der Waals surface area contributed by atoms with Crippen LogP contribution < -0.4 is 5.32 Å². The van der Waals surface area contributed by atoms with Crippen LogP contribution in [-0.2, 0) is 4.79 Å². The Hall–Kier alpha value is -1.45. The van der Waals surface area contributed by atoms with Gasteiger partial charge in [-0.05, 0) is 61.6 Å². The van der Waals surface area contributed by atoms with Crippen molar-refractivity contribution in [3.8, 4) is 0 Å². The summed E-state index contributed by atoms with van der Waals surface area (Å²) in [5.41, 5.74) is 0.593. The van der Waals surface area contributed by atoms with E-state index in [1.807, 2.05) is 0 Å². The second kappa shape index (κ2) is 5.74. The lowest BCUT2D eigenvalue weighted by molar-refractivity contribution is -0.123. The zero-order chi connectivity index (χ0) is 15.0. The minimum absolute atomic E-state index is 0.0183. The molecule has 114 valence electrons. The molecular formula is C17H21F2NO. The highest BCUT2D eigenvalue weighted by molar-refractivity contribution is 5.76. The molecule has 0 aromatic heterocycles. The van der Waals surface area contributed by atoms with E-state index in [4.69, 9.17) is 0 Å². The molecule has 4 atom stereocenters. The molecule has 0 spiro atoms. The Kier molecular flexibility index (Phi) is 3.96. The number of carbonyl (C=O) groups excluding carboxylic acids is 1. The smallest absolute Gasteiger partial charge is 0.220 e. The minimum Gasteiger partial charge on any atom is -0.350 e. The van der Waals surface area contributed by atoms with Gasteiger partial charge < -0.3 is 5.32 Å². The van der Waals surface area contributed by atoms with Crippen LogP contribution in [0.15, 0.2) is 18.2 Å². The highest BCUT2D eigenvalue weighted by Crippen LogP contribution is 2.49. The number of benzene rings is 1. The van der Waals surface area contributed by atoms with Gasteiger partial charge in [-0.1, -0.05) is 12.5 Å². The average molecular weight is 293 g/mol. The van der Waals surface area contributed by atoms with Gasteiger partial charge in [0, 0.05) is 6.42 Å². The summed E-state index contributed by atoms with van der Waals surface area (Å²) >= 11 is 0. The number of hydrogen-bond donors (Lipinski definition) is 1. The Bertz CT molecular complexity index is 546. The van der Waals surface area contributed by atoms with E-state index in [0.717, 1.165) is 24.0 Å². The first-order chi connectivity index (χ1) is 10.0. The van der Waals surface area contributed by atoms with E-state index in [1.165, 1.54) is 31.7 Å². The van der Waals surface area contributed by atoms with Gasteiger partial charge >= 0.3 is 0 Å². The molecule has 3 rings (SSSR count). The maximum absolute atomic E-state index is 13.2. The lowest BCUT2D eigenvalue weighted by Crippen LogP contribution is -2.29. The van der Waals surface area contributed by atoms with E-state index >= 15 is 0 Å². The number of halogens is 2. The van der Waals surface area contributed by atoms with Crippen LogP contribution in [0.3, 0.4) is 0 Å². The highest BCUT2D eigenvalue weighted by atomic mass is 19.2. The van der Waals surface area contributed by atoms with E-state index in [0.29, 0.717) is 17.9 Å². The third kappa shape index (κ3) is 3.09. The lowest BCUT2D eigenvalue weighted by atomic mass is 9.86. The second-order valence-electron chi connectivity index (χ2n) is 6.60. The number of rotatable bonds is 4. The van der Waals surface area contributed by atoms with Gasteiger partial charge in [0.1, 0.15) is 0 Å². The average Bonchev–Trinajstić information content (AvgIpc) is 3.04. The maximum atomic E-state index is 13.2. The van der Waals surface area contributed by atoms with Crippen LogP contribution in [0.5, 0.6) is 0 Å². The Morgan fingerprint density at radius 1 is 1.29 bits per heavy atom. The van der Waals surface area contributed by atoms with Gasteiger partial charge in [-0.15, -0.1) is 0 Å². The van der Waals surface area contributed by atoms with Gasteiger partial charge in [0.05, 0.1) is 6.04 Å². The van der Waals surface area contributed by atoms with Crippen LogP contribution in [0.1, 0.15) is 50.6 Å². The van der Waals surface area contributed by atoms with E-state index in [2.05, 4.69) is 5.32 Å². The molecule has 21 heavy (non-hydrogen) atoms. The Balaban J connectivity index is 1.55. The first-order valence-corrected chi connectivity index (χ1v) is 7.77. The van der Waals surface area contributed by atoms with Gasteiger partial charge in [0.25, 0.3) is 0 Å². The third-order valence-electron chi connectivity index (χ3n) is 5.15. The van der Waals surface area contributed by atoms with Gasteiger partial charge in [0.15, 0.2) is 11.6 Å². The predicted molar refractivity (Wildman–Crippen MR) is 76.5 cm³/mol. The van der Waals surface area contributed by atoms with E-state index in [-0.39, 0.29) is 11.9 Å². The molecule has 2 saturated carbocycles. The zero-order valence-corrected chi connectivity index (χ0v) is 12.2. The summed E-state index contributed by atoms with van der Waals surface area (Å²) < 4.78 is 26.1. The molecule has 2 fully saturated rings. The summed E-state index contributed by atoms with van der Waals surface area (Å²) in [6, 6.07) is 3.47. The normalized spacial score (nSPS) is 28.6. The molecule has 1 amide bonds. The van der Waals surface area contributed by atoms with Crippen LogP contribution in [0.4, 0.5) is 8.78 Å². The molecule has 4 unspecified atom stereocenters. The third-order valence-corrected chi connectivity index (χ3v) is 5.15. The van der Waals surface area contributed by atoms with Crippen molar-refractivity contribution in [2.24, 2.45) is 17.8 Å². The van der Waals surface area contributed by atoms with Gasteiger partial charge in [-0.3, -0.25) is 4.79 Å². The van der Waals surface area contributed by atoms with Crippen LogP contribution in [0, 0.1) is 29.4 Å². The van der Waals surface area contributed by atoms with Crippen LogP contribution in [0.25, 0.3) is 0 Å². The van der Waals surface area contributed by atoms with Gasteiger partial charge in [-0.25, -0.2) is 8.78 Å². The highest BCUT2D eigenvalue weighted by Gasteiger charge is 2.40. The van der Waals surface area contributed by atoms with Gasteiger partial charge in [-0.2, -0.15) is 0 Å². The van der Waals surface area contributed by atoms with Crippen LogP contribution in [-0.4, -0.2) is 5.91 Å². The number of fused-ring (bicyclic) bond motifs is 2. The quantitative estimate of drug-likeness (QED) is 0.894. The van der Waals surface area contributed by atoms with Crippen molar-refractivity contribution in [3.63, 3.8) is 0 Å². The Morgan fingerprint density at radius 2 is 2.10 bits per heavy atom. The molecule has 0 aliphatic heterocycles. The number of nitrogens with one attached hydrogen (secondary N) is 1. The largest absolute Gasteiger partial charge is 0.350 e. The fourth-order valence-corrected chi connectivity index (χ4v) is 4.03. The molecule has 4 heteroatoms. The molecule has 1 aromatic carbocycles. The van der Waals surface area contributed by atoms with Crippen LogP contribution >= 0.6 is 0 Å². The monoisotopic (exact) mass is 293 g/mol. The molecule has 2 bridgehead atoms. The number of carbonyl (C=O) groups is 1. The van der Waals surface area contributed by atoms with Crippen molar-refractivity contribution >= 4 is 5.91 Å². The number of hydrogen-bond acceptors (Lipinski definition) is 1. The van der Waals surface area contributed by atoms with Crippen molar-refractivity contribution in [2.75, 3.05) is 0 Å². The first-order valence-electron chi connectivity index (χ1n) is 7.77. The predicted octanol–water partition coefficient (Wildman–Crippen LogP) is 3.97. The minimum atomic E-state index is -0.873. The Labute approximate surface area is 123 Å². The van der Waals surface area contributed by atoms with Crippen LogP contribution in [0.2, 0.25) is 0 Å². The standard InChI is InChI=1S/C17H21F2NO/c1-10(12-4-5-15(18)16(19)8-12)20-17(21)9-14-7-11-2-3-13(14)6-11/h4-5,8,10-11,13-14H,2-3,6-7,9H2,1H3,(H,20,21). The van der Waals surface area contributed by atoms with Crippen molar-refractivity contribution < 1.29 is 13.6 Å². The summed E-state index contributed by atoms with van der Waals surface area (Å²) in [6.45, 7) is 1.80. The molecular weight excluding hydrogens is 272 g/mol. The molecule has 1 aromatic rings. The second-order valence-corrected chi connectivity index (χ2v) is 6.60. The summed E-state index contributed by atoms with van der Waals surface area (Å²) in [5, 5.41) is 2.90. The molecule has 2 nitrogen and oxygen atoms in total.